The van der Waals surface area contributed by atoms with Crippen LogP contribution in [0.4, 0.5) is 4.39 Å². The van der Waals surface area contributed by atoms with Crippen LogP contribution in [0.2, 0.25) is 0 Å². The van der Waals surface area contributed by atoms with E-state index in [0.29, 0.717) is 12.1 Å². The number of hydrogen-bond acceptors (Lipinski definition) is 4. The van der Waals surface area contributed by atoms with Crippen molar-refractivity contribution in [3.8, 4) is 0 Å². The maximum Gasteiger partial charge on any atom is 0.251 e. The number of carbonyl (C=O) groups is 2. The summed E-state index contributed by atoms with van der Waals surface area (Å²) in [6, 6.07) is 12.9. The Morgan fingerprint density at radius 2 is 1.88 bits per heavy atom. The molecule has 25 heavy (non-hydrogen) atoms. The van der Waals surface area contributed by atoms with E-state index in [1.165, 1.54) is 40.5 Å². The molecule has 0 atom stereocenters. The van der Waals surface area contributed by atoms with Gasteiger partial charge in [-0.25, -0.2) is 9.37 Å². The average molecular weight is 357 g/mol. The number of rotatable bonds is 5. The van der Waals surface area contributed by atoms with Crippen molar-refractivity contribution >= 4 is 33.4 Å². The first-order valence-corrected chi connectivity index (χ1v) is 8.47. The summed E-state index contributed by atoms with van der Waals surface area (Å²) in [5.41, 5.74) is 1.22. The van der Waals surface area contributed by atoms with Crippen LogP contribution in [0.25, 0.3) is 10.2 Å². The molecule has 0 aliphatic carbocycles. The summed E-state index contributed by atoms with van der Waals surface area (Å²) in [6.45, 7) is 0.252. The molecule has 3 aromatic rings. The predicted octanol–water partition coefficient (Wildman–Crippen LogP) is 2.82. The number of halogens is 1. The fraction of sp³-hybridized carbons (Fsp3) is 0.167. The summed E-state index contributed by atoms with van der Waals surface area (Å²) in [5, 5.41) is 3.38. The third kappa shape index (κ3) is 4.19. The summed E-state index contributed by atoms with van der Waals surface area (Å²) in [5.74, 6) is -1.06. The molecule has 2 aromatic carbocycles. The molecule has 0 bridgehead atoms. The molecule has 128 valence electrons. The smallest absolute Gasteiger partial charge is 0.251 e. The second-order valence-corrected chi connectivity index (χ2v) is 6.63. The van der Waals surface area contributed by atoms with E-state index >= 15 is 0 Å². The van der Waals surface area contributed by atoms with Gasteiger partial charge in [0.1, 0.15) is 10.8 Å². The van der Waals surface area contributed by atoms with Crippen molar-refractivity contribution in [2.45, 2.75) is 6.54 Å². The van der Waals surface area contributed by atoms with Gasteiger partial charge in [-0.3, -0.25) is 9.59 Å². The number of thiazole rings is 1. The van der Waals surface area contributed by atoms with E-state index in [4.69, 9.17) is 0 Å². The number of benzene rings is 2. The third-order valence-electron chi connectivity index (χ3n) is 3.64. The van der Waals surface area contributed by atoms with Gasteiger partial charge in [0.05, 0.1) is 23.3 Å². The minimum absolute atomic E-state index is 0.127. The molecule has 0 spiro atoms. The van der Waals surface area contributed by atoms with E-state index in [1.54, 1.807) is 7.05 Å². The fourth-order valence-corrected chi connectivity index (χ4v) is 3.29. The first kappa shape index (κ1) is 17.0. The summed E-state index contributed by atoms with van der Waals surface area (Å²) >= 11 is 1.54. The predicted molar refractivity (Wildman–Crippen MR) is 94.8 cm³/mol. The van der Waals surface area contributed by atoms with Crippen LogP contribution in [-0.4, -0.2) is 35.3 Å². The molecule has 0 saturated heterocycles. The van der Waals surface area contributed by atoms with Crippen LogP contribution in [-0.2, 0) is 11.3 Å². The number of likely N-dealkylation sites (N-methyl/N-ethyl adjacent to an activating group) is 1. The van der Waals surface area contributed by atoms with Gasteiger partial charge in [0, 0.05) is 12.6 Å². The lowest BCUT2D eigenvalue weighted by atomic mass is 10.2. The second kappa shape index (κ2) is 7.40. The van der Waals surface area contributed by atoms with Crippen LogP contribution >= 0.6 is 11.3 Å². The SMILES string of the molecule is CN(Cc1nc2ccccc2s1)C(=O)CNC(=O)c1ccc(F)cc1. The van der Waals surface area contributed by atoms with E-state index in [2.05, 4.69) is 10.3 Å². The molecule has 7 heteroatoms. The summed E-state index contributed by atoms with van der Waals surface area (Å²) in [7, 11) is 1.67. The first-order valence-electron chi connectivity index (χ1n) is 7.65. The number of para-hydroxylation sites is 1. The van der Waals surface area contributed by atoms with E-state index < -0.39 is 11.7 Å². The third-order valence-corrected chi connectivity index (χ3v) is 4.66. The molecular formula is C18H16FN3O2S. The Labute approximate surface area is 148 Å². The highest BCUT2D eigenvalue weighted by Crippen LogP contribution is 2.22. The van der Waals surface area contributed by atoms with Crippen LogP contribution in [0.15, 0.2) is 48.5 Å². The fourth-order valence-electron chi connectivity index (χ4n) is 2.27. The van der Waals surface area contributed by atoms with Crippen molar-refractivity contribution in [3.63, 3.8) is 0 Å². The van der Waals surface area contributed by atoms with Crippen molar-refractivity contribution in [1.29, 1.82) is 0 Å². The molecule has 0 fully saturated rings. The van der Waals surface area contributed by atoms with Gasteiger partial charge in [0.2, 0.25) is 5.91 Å². The van der Waals surface area contributed by atoms with Gasteiger partial charge in [0.15, 0.2) is 0 Å². The average Bonchev–Trinajstić information content (AvgIpc) is 3.02. The Morgan fingerprint density at radius 3 is 2.60 bits per heavy atom. The van der Waals surface area contributed by atoms with Crippen molar-refractivity contribution < 1.29 is 14.0 Å². The maximum atomic E-state index is 12.9. The number of nitrogens with zero attached hydrogens (tertiary/aromatic N) is 2. The highest BCUT2D eigenvalue weighted by Gasteiger charge is 2.14. The number of amides is 2. The van der Waals surface area contributed by atoms with Crippen LogP contribution < -0.4 is 5.32 Å². The highest BCUT2D eigenvalue weighted by molar-refractivity contribution is 7.18. The van der Waals surface area contributed by atoms with E-state index in [9.17, 15) is 14.0 Å². The van der Waals surface area contributed by atoms with Gasteiger partial charge in [-0.15, -0.1) is 11.3 Å². The van der Waals surface area contributed by atoms with E-state index in [-0.39, 0.29) is 12.5 Å². The number of hydrogen-bond donors (Lipinski definition) is 1. The Kier molecular flexibility index (Phi) is 5.04. The zero-order valence-corrected chi connectivity index (χ0v) is 14.3. The van der Waals surface area contributed by atoms with E-state index in [1.807, 2.05) is 24.3 Å². The molecule has 1 heterocycles. The van der Waals surface area contributed by atoms with Crippen LogP contribution in [0.5, 0.6) is 0 Å². The summed E-state index contributed by atoms with van der Waals surface area (Å²) in [6.07, 6.45) is 0. The number of aromatic nitrogens is 1. The monoisotopic (exact) mass is 357 g/mol. The molecule has 5 nitrogen and oxygen atoms in total. The number of carbonyl (C=O) groups excluding carboxylic acids is 2. The lowest BCUT2D eigenvalue weighted by molar-refractivity contribution is -0.129. The summed E-state index contributed by atoms with van der Waals surface area (Å²) < 4.78 is 13.9. The molecule has 2 amide bonds. The normalized spacial score (nSPS) is 10.6. The topological polar surface area (TPSA) is 62.3 Å². The standard InChI is InChI=1S/C18H16FN3O2S/c1-22(11-16-21-14-4-2-3-5-15(14)25-16)17(23)10-20-18(24)12-6-8-13(19)9-7-12/h2-9H,10-11H2,1H3,(H,20,24). The molecule has 0 aliphatic rings. The lowest BCUT2D eigenvalue weighted by Crippen LogP contribution is -2.37. The Bertz CT molecular complexity index is 875. The van der Waals surface area contributed by atoms with Crippen molar-refractivity contribution in [3.05, 3.63) is 64.9 Å². The minimum atomic E-state index is -0.415. The van der Waals surface area contributed by atoms with Gasteiger partial charge in [0.25, 0.3) is 5.91 Å². The highest BCUT2D eigenvalue weighted by atomic mass is 32.1. The van der Waals surface area contributed by atoms with Crippen molar-refractivity contribution in [2.24, 2.45) is 0 Å². The van der Waals surface area contributed by atoms with Gasteiger partial charge < -0.3 is 10.2 Å². The molecule has 0 aliphatic heterocycles. The molecular weight excluding hydrogens is 341 g/mol. The Morgan fingerprint density at radius 1 is 1.16 bits per heavy atom. The van der Waals surface area contributed by atoms with E-state index in [0.717, 1.165) is 15.2 Å². The molecule has 0 saturated carbocycles. The number of fused-ring (bicyclic) bond motifs is 1. The molecule has 0 unspecified atom stereocenters. The zero-order valence-electron chi connectivity index (χ0n) is 13.5. The van der Waals surface area contributed by atoms with Gasteiger partial charge in [-0.05, 0) is 36.4 Å². The van der Waals surface area contributed by atoms with Gasteiger partial charge >= 0.3 is 0 Å². The van der Waals surface area contributed by atoms with Crippen LogP contribution in [0.3, 0.4) is 0 Å². The van der Waals surface area contributed by atoms with Crippen molar-refractivity contribution in [1.82, 2.24) is 15.2 Å². The Hall–Kier alpha value is -2.80. The largest absolute Gasteiger partial charge is 0.343 e. The zero-order chi connectivity index (χ0) is 17.8. The first-order chi connectivity index (χ1) is 12.0. The van der Waals surface area contributed by atoms with Gasteiger partial charge in [-0.2, -0.15) is 0 Å². The van der Waals surface area contributed by atoms with Crippen molar-refractivity contribution in [2.75, 3.05) is 13.6 Å². The quantitative estimate of drug-likeness (QED) is 0.764. The molecule has 1 aromatic heterocycles. The lowest BCUT2D eigenvalue weighted by Gasteiger charge is -2.16. The van der Waals surface area contributed by atoms with Crippen LogP contribution in [0.1, 0.15) is 15.4 Å². The second-order valence-electron chi connectivity index (χ2n) is 5.51. The molecule has 0 radical (unpaired) electrons. The van der Waals surface area contributed by atoms with Gasteiger partial charge in [-0.1, -0.05) is 12.1 Å². The Balaban J connectivity index is 1.55. The summed E-state index contributed by atoms with van der Waals surface area (Å²) in [4.78, 5) is 30.1. The van der Waals surface area contributed by atoms with Crippen LogP contribution in [0, 0.1) is 5.82 Å². The maximum absolute atomic E-state index is 12.9. The number of nitrogens with one attached hydrogen (secondary N) is 1. The molecule has 1 N–H and O–H groups in total. The molecule has 3 rings (SSSR count). The minimum Gasteiger partial charge on any atom is -0.343 e.